The molecule has 2 heterocycles. The van der Waals surface area contributed by atoms with Crippen LogP contribution in [0.25, 0.3) is 11.1 Å². The summed E-state index contributed by atoms with van der Waals surface area (Å²) in [5, 5.41) is 0. The fourth-order valence-electron chi connectivity index (χ4n) is 4.65. The number of fused-ring (bicyclic) bond motifs is 5. The molecule has 2 aliphatic rings. The topological polar surface area (TPSA) is 20.3 Å². The van der Waals surface area contributed by atoms with Crippen LogP contribution < -0.4 is 0 Å². The van der Waals surface area contributed by atoms with Crippen LogP contribution in [0.2, 0.25) is 0 Å². The first kappa shape index (κ1) is 15.4. The number of carbonyl (C=O) groups excluding carboxylic acids is 1. The highest BCUT2D eigenvalue weighted by Crippen LogP contribution is 2.46. The smallest absolute Gasteiger partial charge is 0.255 e. The SMILES string of the molecule is Cc1cc(-c2ccccc2)c2c(c1C)C1c3ccccc3C(=O)N1CC2. The normalized spacial score (nSPS) is 17.7. The Morgan fingerprint density at radius 2 is 1.65 bits per heavy atom. The van der Waals surface area contributed by atoms with E-state index in [1.807, 2.05) is 18.2 Å². The molecule has 0 saturated carbocycles. The summed E-state index contributed by atoms with van der Waals surface area (Å²) in [7, 11) is 0. The highest BCUT2D eigenvalue weighted by Gasteiger charge is 2.42. The van der Waals surface area contributed by atoms with Gasteiger partial charge in [-0.25, -0.2) is 0 Å². The Bertz CT molecular complexity index is 1040. The minimum atomic E-state index is 0.0600. The monoisotopic (exact) mass is 339 g/mol. The quantitative estimate of drug-likeness (QED) is 0.606. The molecule has 0 saturated heterocycles. The summed E-state index contributed by atoms with van der Waals surface area (Å²) in [4.78, 5) is 15.0. The fraction of sp³-hybridized carbons (Fsp3) is 0.208. The molecule has 2 aliphatic heterocycles. The lowest BCUT2D eigenvalue weighted by molar-refractivity contribution is 0.0740. The lowest BCUT2D eigenvalue weighted by Crippen LogP contribution is -2.36. The second kappa shape index (κ2) is 5.57. The lowest BCUT2D eigenvalue weighted by Gasteiger charge is -2.35. The highest BCUT2D eigenvalue weighted by atomic mass is 16.2. The average molecular weight is 339 g/mol. The molecule has 3 aromatic carbocycles. The summed E-state index contributed by atoms with van der Waals surface area (Å²) in [5.41, 5.74) is 9.97. The van der Waals surface area contributed by atoms with Crippen LogP contribution in [0.5, 0.6) is 0 Å². The van der Waals surface area contributed by atoms with E-state index in [2.05, 4.69) is 61.2 Å². The number of aryl methyl sites for hydroxylation is 1. The van der Waals surface area contributed by atoms with Gasteiger partial charge in [-0.05, 0) is 65.3 Å². The van der Waals surface area contributed by atoms with Crippen LogP contribution in [-0.4, -0.2) is 17.4 Å². The zero-order chi connectivity index (χ0) is 17.8. The van der Waals surface area contributed by atoms with Gasteiger partial charge in [0, 0.05) is 12.1 Å². The summed E-state index contributed by atoms with van der Waals surface area (Å²) >= 11 is 0. The van der Waals surface area contributed by atoms with E-state index in [0.29, 0.717) is 0 Å². The average Bonchev–Trinajstić information content (AvgIpc) is 2.98. The van der Waals surface area contributed by atoms with E-state index in [0.717, 1.165) is 24.1 Å². The Balaban J connectivity index is 1.80. The molecule has 1 unspecified atom stereocenters. The Hall–Kier alpha value is -2.87. The third-order valence-corrected chi connectivity index (χ3v) is 6.03. The van der Waals surface area contributed by atoms with E-state index >= 15 is 0 Å². The van der Waals surface area contributed by atoms with Crippen molar-refractivity contribution in [1.82, 2.24) is 4.90 Å². The maximum atomic E-state index is 12.9. The number of hydrogen-bond acceptors (Lipinski definition) is 1. The van der Waals surface area contributed by atoms with E-state index in [4.69, 9.17) is 0 Å². The maximum absolute atomic E-state index is 12.9. The van der Waals surface area contributed by atoms with Crippen LogP contribution in [0.3, 0.4) is 0 Å². The summed E-state index contributed by atoms with van der Waals surface area (Å²) in [6.45, 7) is 5.18. The Morgan fingerprint density at radius 1 is 0.923 bits per heavy atom. The largest absolute Gasteiger partial charge is 0.327 e. The van der Waals surface area contributed by atoms with Gasteiger partial charge in [0.05, 0.1) is 6.04 Å². The van der Waals surface area contributed by atoms with Crippen LogP contribution in [0, 0.1) is 13.8 Å². The molecule has 0 N–H and O–H groups in total. The standard InChI is InChI=1S/C24H21NO/c1-15-14-21(17-8-4-3-5-9-17)18-12-13-25-23(22(18)16(15)2)19-10-6-7-11-20(19)24(25)26/h3-11,14,23H,12-13H2,1-2H3. The van der Waals surface area contributed by atoms with Crippen molar-refractivity contribution in [2.75, 3.05) is 6.54 Å². The van der Waals surface area contributed by atoms with Gasteiger partial charge in [0.1, 0.15) is 0 Å². The molecular formula is C24H21NO. The molecule has 0 aliphatic carbocycles. The molecule has 26 heavy (non-hydrogen) atoms. The number of benzene rings is 3. The van der Waals surface area contributed by atoms with Crippen molar-refractivity contribution < 1.29 is 4.79 Å². The minimum absolute atomic E-state index is 0.0600. The Labute approximate surface area is 154 Å². The third-order valence-electron chi connectivity index (χ3n) is 6.03. The van der Waals surface area contributed by atoms with Crippen molar-refractivity contribution in [2.45, 2.75) is 26.3 Å². The summed E-state index contributed by atoms with van der Waals surface area (Å²) in [6, 6.07) is 21.1. The minimum Gasteiger partial charge on any atom is -0.327 e. The van der Waals surface area contributed by atoms with Crippen LogP contribution in [0.1, 0.15) is 44.2 Å². The predicted octanol–water partition coefficient (Wildman–Crippen LogP) is 5.07. The fourth-order valence-corrected chi connectivity index (χ4v) is 4.65. The molecule has 0 spiro atoms. The Kier molecular flexibility index (Phi) is 3.30. The first-order chi connectivity index (χ1) is 12.7. The molecule has 2 nitrogen and oxygen atoms in total. The van der Waals surface area contributed by atoms with Gasteiger partial charge in [-0.15, -0.1) is 0 Å². The van der Waals surface area contributed by atoms with E-state index < -0.39 is 0 Å². The lowest BCUT2D eigenvalue weighted by atomic mass is 9.81. The molecule has 0 fully saturated rings. The van der Waals surface area contributed by atoms with Gasteiger partial charge in [-0.2, -0.15) is 0 Å². The van der Waals surface area contributed by atoms with Crippen molar-refractivity contribution in [2.24, 2.45) is 0 Å². The molecule has 0 aromatic heterocycles. The van der Waals surface area contributed by atoms with E-state index in [-0.39, 0.29) is 11.9 Å². The molecule has 2 heteroatoms. The summed E-state index contributed by atoms with van der Waals surface area (Å²) in [5.74, 6) is 0.179. The van der Waals surface area contributed by atoms with Crippen LogP contribution in [-0.2, 0) is 6.42 Å². The first-order valence-electron chi connectivity index (χ1n) is 9.25. The first-order valence-corrected chi connectivity index (χ1v) is 9.25. The van der Waals surface area contributed by atoms with Gasteiger partial charge in [0.25, 0.3) is 5.91 Å². The molecule has 3 aromatic rings. The van der Waals surface area contributed by atoms with Gasteiger partial charge in [-0.3, -0.25) is 4.79 Å². The van der Waals surface area contributed by atoms with Gasteiger partial charge in [0.15, 0.2) is 0 Å². The number of carbonyl (C=O) groups is 1. The molecule has 5 rings (SSSR count). The number of nitrogens with zero attached hydrogens (tertiary/aromatic N) is 1. The van der Waals surface area contributed by atoms with Crippen molar-refractivity contribution in [1.29, 1.82) is 0 Å². The number of rotatable bonds is 1. The molecule has 1 atom stereocenters. The number of hydrogen-bond donors (Lipinski definition) is 0. The number of amides is 1. The van der Waals surface area contributed by atoms with Gasteiger partial charge in [-0.1, -0.05) is 54.6 Å². The van der Waals surface area contributed by atoms with Crippen molar-refractivity contribution >= 4 is 5.91 Å². The van der Waals surface area contributed by atoms with E-state index in [1.165, 1.54) is 33.4 Å². The second-order valence-electron chi connectivity index (χ2n) is 7.36. The van der Waals surface area contributed by atoms with Gasteiger partial charge >= 0.3 is 0 Å². The third kappa shape index (κ3) is 2.02. The van der Waals surface area contributed by atoms with Crippen molar-refractivity contribution in [3.05, 3.63) is 94.0 Å². The van der Waals surface area contributed by atoms with Crippen molar-refractivity contribution in [3.63, 3.8) is 0 Å². The Morgan fingerprint density at radius 3 is 2.46 bits per heavy atom. The zero-order valence-corrected chi connectivity index (χ0v) is 15.1. The van der Waals surface area contributed by atoms with Gasteiger partial charge < -0.3 is 4.90 Å². The van der Waals surface area contributed by atoms with Crippen LogP contribution in [0.15, 0.2) is 60.7 Å². The van der Waals surface area contributed by atoms with Crippen LogP contribution in [0.4, 0.5) is 0 Å². The molecule has 128 valence electrons. The van der Waals surface area contributed by atoms with E-state index in [9.17, 15) is 4.79 Å². The summed E-state index contributed by atoms with van der Waals surface area (Å²) in [6.07, 6.45) is 0.914. The second-order valence-corrected chi connectivity index (χ2v) is 7.36. The summed E-state index contributed by atoms with van der Waals surface area (Å²) < 4.78 is 0. The molecule has 0 bridgehead atoms. The zero-order valence-electron chi connectivity index (χ0n) is 15.1. The predicted molar refractivity (Wildman–Crippen MR) is 104 cm³/mol. The highest BCUT2D eigenvalue weighted by molar-refractivity contribution is 6.00. The molecule has 0 radical (unpaired) electrons. The molecular weight excluding hydrogens is 318 g/mol. The van der Waals surface area contributed by atoms with Gasteiger partial charge in [0.2, 0.25) is 0 Å². The molecule has 1 amide bonds. The van der Waals surface area contributed by atoms with Crippen molar-refractivity contribution in [3.8, 4) is 11.1 Å². The maximum Gasteiger partial charge on any atom is 0.255 e. The van der Waals surface area contributed by atoms with Crippen LogP contribution >= 0.6 is 0 Å². The van der Waals surface area contributed by atoms with E-state index in [1.54, 1.807) is 0 Å².